The van der Waals surface area contributed by atoms with E-state index in [1.807, 2.05) is 36.1 Å². The van der Waals surface area contributed by atoms with E-state index in [9.17, 15) is 22.8 Å². The lowest BCUT2D eigenvalue weighted by atomic mass is 10.1. The molecule has 3 aromatic rings. The molecule has 3 amide bonds. The van der Waals surface area contributed by atoms with Crippen molar-refractivity contribution < 1.29 is 22.8 Å². The van der Waals surface area contributed by atoms with E-state index in [-0.39, 0.29) is 11.6 Å². The first-order valence-corrected chi connectivity index (χ1v) is 11.5. The van der Waals surface area contributed by atoms with Crippen molar-refractivity contribution in [2.75, 3.05) is 41.7 Å². The summed E-state index contributed by atoms with van der Waals surface area (Å²) in [5, 5.41) is 5.11. The van der Waals surface area contributed by atoms with Gasteiger partial charge in [-0.05, 0) is 61.4 Å². The van der Waals surface area contributed by atoms with E-state index < -0.39 is 17.8 Å². The third kappa shape index (κ3) is 6.12. The Balaban J connectivity index is 1.31. The molecule has 0 unspecified atom stereocenters. The maximum absolute atomic E-state index is 13.0. The van der Waals surface area contributed by atoms with Crippen LogP contribution >= 0.6 is 0 Å². The summed E-state index contributed by atoms with van der Waals surface area (Å²) in [7, 11) is 0. The average Bonchev–Trinajstić information content (AvgIpc) is 3.11. The van der Waals surface area contributed by atoms with E-state index in [1.165, 1.54) is 18.3 Å². The van der Waals surface area contributed by atoms with E-state index in [2.05, 4.69) is 20.5 Å². The van der Waals surface area contributed by atoms with Gasteiger partial charge in [-0.2, -0.15) is 13.2 Å². The van der Waals surface area contributed by atoms with E-state index >= 15 is 0 Å². The highest BCUT2D eigenvalue weighted by Crippen LogP contribution is 2.29. The number of carbonyl (C=O) groups is 2. The minimum absolute atomic E-state index is 0.0292. The molecule has 0 spiro atoms. The van der Waals surface area contributed by atoms with Crippen molar-refractivity contribution in [3.63, 3.8) is 0 Å². The van der Waals surface area contributed by atoms with Crippen LogP contribution in [0, 0.1) is 6.92 Å². The highest BCUT2D eigenvalue weighted by molar-refractivity contribution is 5.99. The number of aromatic nitrogens is 1. The van der Waals surface area contributed by atoms with Crippen LogP contribution in [0.25, 0.3) is 0 Å². The molecule has 2 N–H and O–H groups in total. The number of hydrogen-bond donors (Lipinski definition) is 2. The Morgan fingerprint density at radius 1 is 0.861 bits per heavy atom. The molecular weight excluding hydrogens is 471 g/mol. The Morgan fingerprint density at radius 3 is 2.22 bits per heavy atom. The van der Waals surface area contributed by atoms with Gasteiger partial charge in [0, 0.05) is 37.4 Å². The van der Waals surface area contributed by atoms with Crippen molar-refractivity contribution in [1.29, 1.82) is 0 Å². The Hall–Kier alpha value is -4.08. The SMILES string of the molecule is Cc1ccccc1C(=O)N1CCCN(c2ccc(NC(=O)Nc3ccc(C(F)(F)F)cc3)cn2)CC1. The number of halogens is 3. The number of benzene rings is 2. The maximum atomic E-state index is 13.0. The van der Waals surface area contributed by atoms with E-state index in [0.717, 1.165) is 36.5 Å². The minimum Gasteiger partial charge on any atom is -0.355 e. The van der Waals surface area contributed by atoms with Crippen molar-refractivity contribution >= 4 is 29.1 Å². The molecule has 4 rings (SSSR count). The van der Waals surface area contributed by atoms with Gasteiger partial charge >= 0.3 is 12.2 Å². The number of rotatable bonds is 4. The van der Waals surface area contributed by atoms with Gasteiger partial charge in [-0.15, -0.1) is 0 Å². The van der Waals surface area contributed by atoms with Crippen LogP contribution < -0.4 is 15.5 Å². The number of pyridine rings is 1. The van der Waals surface area contributed by atoms with Crippen LogP contribution in [-0.4, -0.2) is 48.0 Å². The Labute approximate surface area is 206 Å². The molecule has 0 atom stereocenters. The first-order valence-electron chi connectivity index (χ1n) is 11.5. The Kier molecular flexibility index (Phi) is 7.42. The molecule has 1 fully saturated rings. The highest BCUT2D eigenvalue weighted by atomic mass is 19.4. The third-order valence-corrected chi connectivity index (χ3v) is 5.96. The standard InChI is InChI=1S/C26H26F3N5O2/c1-18-5-2-3-6-22(18)24(35)34-14-4-13-33(15-16-34)23-12-11-21(17-30-23)32-25(36)31-20-9-7-19(8-10-20)26(27,28)29/h2-3,5-12,17H,4,13-16H2,1H3,(H2,31,32,36). The summed E-state index contributed by atoms with van der Waals surface area (Å²) in [6.45, 7) is 4.54. The third-order valence-electron chi connectivity index (χ3n) is 5.96. The molecule has 1 saturated heterocycles. The molecule has 10 heteroatoms. The second-order valence-corrected chi connectivity index (χ2v) is 8.51. The molecular formula is C26H26F3N5O2. The van der Waals surface area contributed by atoms with Crippen molar-refractivity contribution in [3.8, 4) is 0 Å². The largest absolute Gasteiger partial charge is 0.416 e. The fourth-order valence-corrected chi connectivity index (χ4v) is 4.02. The summed E-state index contributed by atoms with van der Waals surface area (Å²) in [5.41, 5.74) is 1.56. The summed E-state index contributed by atoms with van der Waals surface area (Å²) in [5.74, 6) is 0.760. The van der Waals surface area contributed by atoms with Crippen LogP contribution in [0.1, 0.15) is 27.9 Å². The van der Waals surface area contributed by atoms with Gasteiger partial charge in [0.1, 0.15) is 5.82 Å². The van der Waals surface area contributed by atoms with Crippen molar-refractivity contribution in [3.05, 3.63) is 83.6 Å². The first kappa shape index (κ1) is 25.0. The zero-order chi connectivity index (χ0) is 25.7. The molecule has 36 heavy (non-hydrogen) atoms. The fraction of sp³-hybridized carbons (Fsp3) is 0.269. The van der Waals surface area contributed by atoms with Crippen LogP contribution in [-0.2, 0) is 6.18 Å². The second-order valence-electron chi connectivity index (χ2n) is 8.51. The lowest BCUT2D eigenvalue weighted by Crippen LogP contribution is -2.35. The number of carbonyl (C=O) groups excluding carboxylic acids is 2. The highest BCUT2D eigenvalue weighted by Gasteiger charge is 2.30. The Morgan fingerprint density at radius 2 is 1.56 bits per heavy atom. The smallest absolute Gasteiger partial charge is 0.355 e. The summed E-state index contributed by atoms with van der Waals surface area (Å²) in [6.07, 6.45) is -2.12. The monoisotopic (exact) mass is 497 g/mol. The number of aryl methyl sites for hydroxylation is 1. The summed E-state index contributed by atoms with van der Waals surface area (Å²) in [6, 6.07) is 14.7. The quantitative estimate of drug-likeness (QED) is 0.506. The van der Waals surface area contributed by atoms with Gasteiger partial charge in [0.2, 0.25) is 0 Å². The number of hydrogen-bond acceptors (Lipinski definition) is 4. The van der Waals surface area contributed by atoms with Gasteiger partial charge in [0.15, 0.2) is 0 Å². The molecule has 7 nitrogen and oxygen atoms in total. The molecule has 2 aromatic carbocycles. The van der Waals surface area contributed by atoms with Crippen LogP contribution in [0.5, 0.6) is 0 Å². The van der Waals surface area contributed by atoms with Gasteiger partial charge in [-0.25, -0.2) is 9.78 Å². The zero-order valence-corrected chi connectivity index (χ0v) is 19.7. The number of amides is 3. The zero-order valence-electron chi connectivity index (χ0n) is 19.7. The van der Waals surface area contributed by atoms with E-state index in [1.54, 1.807) is 12.1 Å². The number of nitrogens with one attached hydrogen (secondary N) is 2. The molecule has 2 heterocycles. The van der Waals surface area contributed by atoms with Gasteiger partial charge in [0.25, 0.3) is 5.91 Å². The number of alkyl halides is 3. The first-order chi connectivity index (χ1) is 17.2. The van der Waals surface area contributed by atoms with Crippen LogP contribution in [0.3, 0.4) is 0 Å². The van der Waals surface area contributed by atoms with Crippen molar-refractivity contribution in [2.24, 2.45) is 0 Å². The Bertz CT molecular complexity index is 1210. The van der Waals surface area contributed by atoms with Gasteiger partial charge in [-0.1, -0.05) is 18.2 Å². The number of urea groups is 1. The number of anilines is 3. The van der Waals surface area contributed by atoms with Gasteiger partial charge in [-0.3, -0.25) is 4.79 Å². The molecule has 0 radical (unpaired) electrons. The lowest BCUT2D eigenvalue weighted by Gasteiger charge is -2.23. The second kappa shape index (κ2) is 10.7. The predicted octanol–water partition coefficient (Wildman–Crippen LogP) is 5.41. The van der Waals surface area contributed by atoms with Crippen LogP contribution in [0.15, 0.2) is 66.9 Å². The number of nitrogens with zero attached hydrogens (tertiary/aromatic N) is 3. The summed E-state index contributed by atoms with van der Waals surface area (Å²) >= 11 is 0. The minimum atomic E-state index is -4.43. The molecule has 1 aromatic heterocycles. The molecule has 0 saturated carbocycles. The fourth-order valence-electron chi connectivity index (χ4n) is 4.02. The normalized spacial score (nSPS) is 14.2. The molecule has 0 aliphatic carbocycles. The molecule has 1 aliphatic heterocycles. The predicted molar refractivity (Wildman–Crippen MR) is 132 cm³/mol. The topological polar surface area (TPSA) is 77.6 Å². The van der Waals surface area contributed by atoms with Gasteiger partial charge in [0.05, 0.1) is 17.4 Å². The summed E-state index contributed by atoms with van der Waals surface area (Å²) < 4.78 is 38.0. The maximum Gasteiger partial charge on any atom is 0.416 e. The molecule has 1 aliphatic rings. The summed E-state index contributed by atoms with van der Waals surface area (Å²) in [4.78, 5) is 33.6. The van der Waals surface area contributed by atoms with Gasteiger partial charge < -0.3 is 20.4 Å². The van der Waals surface area contributed by atoms with Crippen molar-refractivity contribution in [1.82, 2.24) is 9.88 Å². The van der Waals surface area contributed by atoms with Crippen LogP contribution in [0.4, 0.5) is 35.2 Å². The molecule has 0 bridgehead atoms. The molecule has 188 valence electrons. The van der Waals surface area contributed by atoms with Crippen LogP contribution in [0.2, 0.25) is 0 Å². The van der Waals surface area contributed by atoms with E-state index in [4.69, 9.17) is 0 Å². The van der Waals surface area contributed by atoms with Crippen molar-refractivity contribution in [2.45, 2.75) is 19.5 Å². The van der Waals surface area contributed by atoms with E-state index in [0.29, 0.717) is 30.9 Å². The average molecular weight is 498 g/mol. The lowest BCUT2D eigenvalue weighted by molar-refractivity contribution is -0.137.